The number of aryl methyl sites for hydroxylation is 1. The fourth-order valence-electron chi connectivity index (χ4n) is 1.74. The lowest BCUT2D eigenvalue weighted by atomic mass is 10.2. The molecule has 0 saturated carbocycles. The second-order valence-electron chi connectivity index (χ2n) is 4.39. The summed E-state index contributed by atoms with van der Waals surface area (Å²) < 4.78 is 7.07. The Labute approximate surface area is 117 Å². The van der Waals surface area contributed by atoms with Crippen molar-refractivity contribution in [3.8, 4) is 11.8 Å². The minimum absolute atomic E-state index is 0.0783. The van der Waals surface area contributed by atoms with E-state index in [0.717, 1.165) is 11.3 Å². The summed E-state index contributed by atoms with van der Waals surface area (Å²) >= 11 is 0. The van der Waals surface area contributed by atoms with Crippen molar-refractivity contribution in [2.24, 2.45) is 0 Å². The average Bonchev–Trinajstić information content (AvgIpc) is 2.43. The SMILES string of the molecule is Cc1cc(=O)n(CCOc2ccc(CC#N)cc2)cn1. The van der Waals surface area contributed by atoms with Crippen molar-refractivity contribution in [2.75, 3.05) is 6.61 Å². The highest BCUT2D eigenvalue weighted by atomic mass is 16.5. The molecular formula is C15H15N3O2. The van der Waals surface area contributed by atoms with Gasteiger partial charge in [0.1, 0.15) is 12.4 Å². The summed E-state index contributed by atoms with van der Waals surface area (Å²) in [5, 5.41) is 8.58. The molecular weight excluding hydrogens is 254 g/mol. The number of aromatic nitrogens is 2. The van der Waals surface area contributed by atoms with E-state index in [1.54, 1.807) is 6.92 Å². The van der Waals surface area contributed by atoms with Crippen LogP contribution >= 0.6 is 0 Å². The van der Waals surface area contributed by atoms with Crippen molar-refractivity contribution in [3.63, 3.8) is 0 Å². The summed E-state index contributed by atoms with van der Waals surface area (Å²) in [6.07, 6.45) is 1.92. The number of benzene rings is 1. The minimum atomic E-state index is -0.0783. The van der Waals surface area contributed by atoms with Crippen LogP contribution < -0.4 is 10.3 Å². The van der Waals surface area contributed by atoms with Gasteiger partial charge >= 0.3 is 0 Å². The van der Waals surface area contributed by atoms with Crippen LogP contribution in [0.4, 0.5) is 0 Å². The smallest absolute Gasteiger partial charge is 0.253 e. The summed E-state index contributed by atoms with van der Waals surface area (Å²) in [6.45, 7) is 2.62. The van der Waals surface area contributed by atoms with E-state index in [4.69, 9.17) is 10.00 Å². The number of nitrogens with zero attached hydrogens (tertiary/aromatic N) is 3. The van der Waals surface area contributed by atoms with Crippen LogP contribution in [0.15, 0.2) is 41.5 Å². The highest BCUT2D eigenvalue weighted by molar-refractivity contribution is 5.28. The van der Waals surface area contributed by atoms with Gasteiger partial charge in [0.25, 0.3) is 5.56 Å². The summed E-state index contributed by atoms with van der Waals surface area (Å²) in [5.41, 5.74) is 1.59. The summed E-state index contributed by atoms with van der Waals surface area (Å²) in [6, 6.07) is 11.0. The predicted octanol–water partition coefficient (Wildman–Crippen LogP) is 1.70. The van der Waals surface area contributed by atoms with Gasteiger partial charge in [-0.1, -0.05) is 12.1 Å². The molecule has 0 aliphatic heterocycles. The Morgan fingerprint density at radius 2 is 2.10 bits per heavy atom. The van der Waals surface area contributed by atoms with Crippen LogP contribution in [0.2, 0.25) is 0 Å². The van der Waals surface area contributed by atoms with Crippen molar-refractivity contribution < 1.29 is 4.74 Å². The van der Waals surface area contributed by atoms with Gasteiger partial charge in [-0.15, -0.1) is 0 Å². The van der Waals surface area contributed by atoms with Crippen molar-refractivity contribution >= 4 is 0 Å². The standard InChI is InChI=1S/C15H15N3O2/c1-12-10-15(19)18(11-17-12)8-9-20-14-4-2-13(3-5-14)6-7-16/h2-5,10-11H,6,8-9H2,1H3. The van der Waals surface area contributed by atoms with Crippen molar-refractivity contribution in [3.05, 3.63) is 58.3 Å². The molecule has 0 radical (unpaired) electrons. The van der Waals surface area contributed by atoms with Crippen molar-refractivity contribution in [1.82, 2.24) is 9.55 Å². The fraction of sp³-hybridized carbons (Fsp3) is 0.267. The second-order valence-corrected chi connectivity index (χ2v) is 4.39. The molecule has 1 aromatic carbocycles. The quantitative estimate of drug-likeness (QED) is 0.828. The molecule has 0 spiro atoms. The van der Waals surface area contributed by atoms with Crippen LogP contribution in [-0.2, 0) is 13.0 Å². The molecule has 1 heterocycles. The molecule has 0 saturated heterocycles. The Morgan fingerprint density at radius 1 is 1.35 bits per heavy atom. The molecule has 102 valence electrons. The van der Waals surface area contributed by atoms with Crippen LogP contribution in [-0.4, -0.2) is 16.2 Å². The number of rotatable bonds is 5. The third kappa shape index (κ3) is 3.69. The van der Waals surface area contributed by atoms with Crippen LogP contribution in [0.3, 0.4) is 0 Å². The molecule has 20 heavy (non-hydrogen) atoms. The topological polar surface area (TPSA) is 67.9 Å². The molecule has 5 heteroatoms. The predicted molar refractivity (Wildman–Crippen MR) is 74.5 cm³/mol. The highest BCUT2D eigenvalue weighted by Crippen LogP contribution is 2.12. The van der Waals surface area contributed by atoms with Gasteiger partial charge in [0.05, 0.1) is 25.4 Å². The number of hydrogen-bond acceptors (Lipinski definition) is 4. The first-order valence-corrected chi connectivity index (χ1v) is 6.31. The Kier molecular flexibility index (Phi) is 4.51. The van der Waals surface area contributed by atoms with Crippen LogP contribution in [0, 0.1) is 18.3 Å². The van der Waals surface area contributed by atoms with Crippen molar-refractivity contribution in [2.45, 2.75) is 19.9 Å². The van der Waals surface area contributed by atoms with E-state index in [1.807, 2.05) is 24.3 Å². The molecule has 0 aliphatic carbocycles. The maximum Gasteiger partial charge on any atom is 0.253 e. The van der Waals surface area contributed by atoms with Gasteiger partial charge in [-0.3, -0.25) is 9.36 Å². The molecule has 5 nitrogen and oxygen atoms in total. The molecule has 1 aromatic heterocycles. The fourth-order valence-corrected chi connectivity index (χ4v) is 1.74. The van der Waals surface area contributed by atoms with Gasteiger partial charge in [-0.2, -0.15) is 5.26 Å². The molecule has 0 N–H and O–H groups in total. The number of ether oxygens (including phenoxy) is 1. The van der Waals surface area contributed by atoms with Crippen LogP contribution in [0.1, 0.15) is 11.3 Å². The Balaban J connectivity index is 1.89. The van der Waals surface area contributed by atoms with Gasteiger partial charge in [0.2, 0.25) is 0 Å². The Bertz CT molecular complexity index is 669. The maximum atomic E-state index is 11.6. The van der Waals surface area contributed by atoms with Gasteiger partial charge < -0.3 is 4.74 Å². The number of nitriles is 1. The van der Waals surface area contributed by atoms with E-state index in [9.17, 15) is 4.79 Å². The Morgan fingerprint density at radius 3 is 2.75 bits per heavy atom. The third-order valence-electron chi connectivity index (χ3n) is 2.82. The lowest BCUT2D eigenvalue weighted by Gasteiger charge is -2.08. The molecule has 0 atom stereocenters. The molecule has 2 aromatic rings. The van der Waals surface area contributed by atoms with E-state index in [1.165, 1.54) is 17.0 Å². The minimum Gasteiger partial charge on any atom is -0.492 e. The highest BCUT2D eigenvalue weighted by Gasteiger charge is 1.99. The summed E-state index contributed by atoms with van der Waals surface area (Å²) in [4.78, 5) is 15.7. The van der Waals surface area contributed by atoms with E-state index >= 15 is 0 Å². The van der Waals surface area contributed by atoms with E-state index in [0.29, 0.717) is 25.3 Å². The first-order valence-electron chi connectivity index (χ1n) is 6.31. The maximum absolute atomic E-state index is 11.6. The Hall–Kier alpha value is -2.61. The lowest BCUT2D eigenvalue weighted by molar-refractivity contribution is 0.295. The molecule has 0 fully saturated rings. The summed E-state index contributed by atoms with van der Waals surface area (Å²) in [5.74, 6) is 0.722. The zero-order valence-corrected chi connectivity index (χ0v) is 11.2. The van der Waals surface area contributed by atoms with E-state index < -0.39 is 0 Å². The van der Waals surface area contributed by atoms with Gasteiger partial charge in [0.15, 0.2) is 0 Å². The first kappa shape index (κ1) is 13.8. The molecule has 0 amide bonds. The normalized spacial score (nSPS) is 10.0. The molecule has 0 bridgehead atoms. The lowest BCUT2D eigenvalue weighted by Crippen LogP contribution is -2.23. The summed E-state index contributed by atoms with van der Waals surface area (Å²) in [7, 11) is 0. The van der Waals surface area contributed by atoms with E-state index in [2.05, 4.69) is 11.1 Å². The average molecular weight is 269 g/mol. The van der Waals surface area contributed by atoms with Crippen LogP contribution in [0.25, 0.3) is 0 Å². The van der Waals surface area contributed by atoms with Gasteiger partial charge in [-0.25, -0.2) is 4.98 Å². The van der Waals surface area contributed by atoms with Crippen molar-refractivity contribution in [1.29, 1.82) is 5.26 Å². The molecule has 2 rings (SSSR count). The first-order chi connectivity index (χ1) is 9.69. The number of hydrogen-bond donors (Lipinski definition) is 0. The second kappa shape index (κ2) is 6.53. The largest absolute Gasteiger partial charge is 0.492 e. The van der Waals surface area contributed by atoms with Gasteiger partial charge in [-0.05, 0) is 24.6 Å². The van der Waals surface area contributed by atoms with Crippen LogP contribution in [0.5, 0.6) is 5.75 Å². The van der Waals surface area contributed by atoms with E-state index in [-0.39, 0.29) is 5.56 Å². The monoisotopic (exact) mass is 269 g/mol. The molecule has 0 unspecified atom stereocenters. The molecule has 0 aliphatic rings. The van der Waals surface area contributed by atoms with Gasteiger partial charge in [0, 0.05) is 11.8 Å². The zero-order valence-electron chi connectivity index (χ0n) is 11.2. The third-order valence-corrected chi connectivity index (χ3v) is 2.82. The zero-order chi connectivity index (χ0) is 14.4.